The summed E-state index contributed by atoms with van der Waals surface area (Å²) in [7, 11) is 0. The van der Waals surface area contributed by atoms with Gasteiger partial charge in [-0.05, 0) is 43.0 Å². The Bertz CT molecular complexity index is 627. The molecule has 3 rings (SSSR count). The van der Waals surface area contributed by atoms with Gasteiger partial charge in [0, 0.05) is 17.9 Å². The lowest BCUT2D eigenvalue weighted by Gasteiger charge is -2.19. The maximum atomic E-state index is 14.1. The molecule has 0 spiro atoms. The van der Waals surface area contributed by atoms with E-state index >= 15 is 0 Å². The second-order valence-corrected chi connectivity index (χ2v) is 4.86. The topological polar surface area (TPSA) is 49.8 Å². The zero-order valence-corrected chi connectivity index (χ0v) is 11.4. The minimum atomic E-state index is -0.370. The van der Waals surface area contributed by atoms with E-state index in [0.717, 1.165) is 25.1 Å². The molecule has 1 aliphatic heterocycles. The molecule has 0 fully saturated rings. The zero-order chi connectivity index (χ0) is 13.9. The van der Waals surface area contributed by atoms with Crippen LogP contribution in [0.5, 0.6) is 0 Å². The van der Waals surface area contributed by atoms with E-state index in [4.69, 9.17) is 0 Å². The second kappa shape index (κ2) is 5.45. The van der Waals surface area contributed by atoms with Crippen LogP contribution in [0.25, 0.3) is 0 Å². The molecule has 4 nitrogen and oxygen atoms in total. The number of aromatic nitrogens is 2. The normalized spacial score (nSPS) is 13.5. The molecule has 0 aliphatic carbocycles. The molecule has 2 aromatic rings. The summed E-state index contributed by atoms with van der Waals surface area (Å²) < 4.78 is 14.1. The molecular formula is C15H17FN4. The van der Waals surface area contributed by atoms with Gasteiger partial charge in [-0.15, -0.1) is 0 Å². The molecule has 2 heterocycles. The third kappa shape index (κ3) is 2.43. The van der Waals surface area contributed by atoms with Crippen molar-refractivity contribution in [3.8, 4) is 0 Å². The van der Waals surface area contributed by atoms with E-state index in [9.17, 15) is 4.39 Å². The minimum absolute atomic E-state index is 0.237. The summed E-state index contributed by atoms with van der Waals surface area (Å²) in [6.07, 6.45) is 4.12. The van der Waals surface area contributed by atoms with E-state index in [1.807, 2.05) is 19.1 Å². The highest BCUT2D eigenvalue weighted by Gasteiger charge is 2.12. The van der Waals surface area contributed by atoms with Gasteiger partial charge in [-0.25, -0.2) is 14.4 Å². The summed E-state index contributed by atoms with van der Waals surface area (Å²) in [5, 5.41) is 6.40. The summed E-state index contributed by atoms with van der Waals surface area (Å²) in [5.41, 5.74) is 3.71. The molecule has 0 radical (unpaired) electrons. The van der Waals surface area contributed by atoms with Crippen molar-refractivity contribution in [3.05, 3.63) is 41.6 Å². The highest BCUT2D eigenvalue weighted by Crippen LogP contribution is 2.27. The fourth-order valence-corrected chi connectivity index (χ4v) is 2.43. The van der Waals surface area contributed by atoms with Gasteiger partial charge in [0.15, 0.2) is 11.6 Å². The minimum Gasteiger partial charge on any atom is -0.385 e. The van der Waals surface area contributed by atoms with Gasteiger partial charge >= 0.3 is 0 Å². The van der Waals surface area contributed by atoms with Crippen molar-refractivity contribution in [2.24, 2.45) is 0 Å². The molecule has 1 aromatic heterocycles. The van der Waals surface area contributed by atoms with Crippen molar-refractivity contribution in [2.75, 3.05) is 17.2 Å². The van der Waals surface area contributed by atoms with Crippen LogP contribution < -0.4 is 10.6 Å². The van der Waals surface area contributed by atoms with Gasteiger partial charge in [0.1, 0.15) is 6.33 Å². The van der Waals surface area contributed by atoms with Crippen LogP contribution in [0.1, 0.15) is 24.6 Å². The van der Waals surface area contributed by atoms with Crippen LogP contribution in [-0.4, -0.2) is 16.5 Å². The van der Waals surface area contributed by atoms with Crippen LogP contribution in [-0.2, 0) is 12.8 Å². The monoisotopic (exact) mass is 272 g/mol. The Kier molecular flexibility index (Phi) is 3.50. The van der Waals surface area contributed by atoms with Crippen molar-refractivity contribution in [1.29, 1.82) is 0 Å². The number of rotatable bonds is 3. The lowest BCUT2D eigenvalue weighted by Crippen LogP contribution is -2.11. The first-order chi connectivity index (χ1) is 9.78. The van der Waals surface area contributed by atoms with Crippen LogP contribution in [0, 0.1) is 5.82 Å². The van der Waals surface area contributed by atoms with Gasteiger partial charge in [0.05, 0.1) is 5.69 Å². The van der Waals surface area contributed by atoms with E-state index in [-0.39, 0.29) is 11.6 Å². The number of hydrogen-bond acceptors (Lipinski definition) is 4. The molecule has 0 atom stereocenters. The Balaban J connectivity index is 1.88. The summed E-state index contributed by atoms with van der Waals surface area (Å²) >= 11 is 0. The molecule has 0 bridgehead atoms. The third-order valence-corrected chi connectivity index (χ3v) is 3.50. The fraction of sp³-hybridized carbons (Fsp3) is 0.333. The molecule has 0 saturated carbocycles. The van der Waals surface area contributed by atoms with Gasteiger partial charge in [-0.3, -0.25) is 0 Å². The maximum Gasteiger partial charge on any atom is 0.187 e. The molecular weight excluding hydrogens is 255 g/mol. The Morgan fingerprint density at radius 3 is 3.10 bits per heavy atom. The lowest BCUT2D eigenvalue weighted by atomic mass is 10.0. The molecule has 1 aromatic carbocycles. The number of hydrogen-bond donors (Lipinski definition) is 2. The van der Waals surface area contributed by atoms with Crippen molar-refractivity contribution < 1.29 is 4.39 Å². The van der Waals surface area contributed by atoms with Gasteiger partial charge in [-0.1, -0.05) is 6.92 Å². The first kappa shape index (κ1) is 12.8. The number of aryl methyl sites for hydroxylation is 2. The number of halogens is 1. The summed E-state index contributed by atoms with van der Waals surface area (Å²) in [5.74, 6) is -0.133. The van der Waals surface area contributed by atoms with E-state index in [1.165, 1.54) is 17.6 Å². The number of benzene rings is 1. The molecule has 5 heteroatoms. The van der Waals surface area contributed by atoms with E-state index < -0.39 is 0 Å². The summed E-state index contributed by atoms with van der Waals surface area (Å²) in [6, 6.07) is 6.01. The number of anilines is 3. The molecule has 2 N–H and O–H groups in total. The SMILES string of the molecule is CCc1ncnc(Nc2ccc3c(c2)CCCN3)c1F. The van der Waals surface area contributed by atoms with Crippen molar-refractivity contribution in [3.63, 3.8) is 0 Å². The Morgan fingerprint density at radius 2 is 2.25 bits per heavy atom. The van der Waals surface area contributed by atoms with Crippen molar-refractivity contribution >= 4 is 17.2 Å². The Hall–Kier alpha value is -2.17. The van der Waals surface area contributed by atoms with Crippen LogP contribution in [0.4, 0.5) is 21.6 Å². The van der Waals surface area contributed by atoms with E-state index in [1.54, 1.807) is 0 Å². The number of nitrogens with zero attached hydrogens (tertiary/aromatic N) is 2. The fourth-order valence-electron chi connectivity index (χ4n) is 2.43. The first-order valence-corrected chi connectivity index (χ1v) is 6.91. The van der Waals surface area contributed by atoms with Crippen LogP contribution in [0.15, 0.2) is 24.5 Å². The molecule has 0 amide bonds. The third-order valence-electron chi connectivity index (χ3n) is 3.50. The molecule has 20 heavy (non-hydrogen) atoms. The van der Waals surface area contributed by atoms with Crippen LogP contribution in [0.2, 0.25) is 0 Å². The van der Waals surface area contributed by atoms with Gasteiger partial charge in [-0.2, -0.15) is 0 Å². The predicted molar refractivity (Wildman–Crippen MR) is 77.9 cm³/mol. The van der Waals surface area contributed by atoms with Crippen LogP contribution in [0.3, 0.4) is 0 Å². The number of nitrogens with one attached hydrogen (secondary N) is 2. The van der Waals surface area contributed by atoms with E-state index in [0.29, 0.717) is 12.1 Å². The first-order valence-electron chi connectivity index (χ1n) is 6.91. The molecule has 104 valence electrons. The smallest absolute Gasteiger partial charge is 0.187 e. The van der Waals surface area contributed by atoms with E-state index in [2.05, 4.69) is 26.7 Å². The van der Waals surface area contributed by atoms with Crippen LogP contribution >= 0.6 is 0 Å². The lowest BCUT2D eigenvalue weighted by molar-refractivity contribution is 0.599. The zero-order valence-electron chi connectivity index (χ0n) is 11.4. The maximum absolute atomic E-state index is 14.1. The second-order valence-electron chi connectivity index (χ2n) is 4.86. The Morgan fingerprint density at radius 1 is 1.35 bits per heavy atom. The van der Waals surface area contributed by atoms with Crippen molar-refractivity contribution in [2.45, 2.75) is 26.2 Å². The highest BCUT2D eigenvalue weighted by molar-refractivity contribution is 5.65. The average molecular weight is 272 g/mol. The highest BCUT2D eigenvalue weighted by atomic mass is 19.1. The quantitative estimate of drug-likeness (QED) is 0.900. The predicted octanol–water partition coefficient (Wildman–Crippen LogP) is 3.28. The van der Waals surface area contributed by atoms with Gasteiger partial charge < -0.3 is 10.6 Å². The van der Waals surface area contributed by atoms with Gasteiger partial charge in [0.2, 0.25) is 0 Å². The average Bonchev–Trinajstić information content (AvgIpc) is 2.49. The van der Waals surface area contributed by atoms with Gasteiger partial charge in [0.25, 0.3) is 0 Å². The molecule has 0 unspecified atom stereocenters. The van der Waals surface area contributed by atoms with Crippen molar-refractivity contribution in [1.82, 2.24) is 9.97 Å². The Labute approximate surface area is 117 Å². The summed E-state index contributed by atoms with van der Waals surface area (Å²) in [6.45, 7) is 2.89. The standard InChI is InChI=1S/C15H17FN4/c1-2-12-14(16)15(19-9-18-12)20-11-5-6-13-10(8-11)4-3-7-17-13/h5-6,8-9,17H,2-4,7H2,1H3,(H,18,19,20). The largest absolute Gasteiger partial charge is 0.385 e. The summed E-state index contributed by atoms with van der Waals surface area (Å²) in [4.78, 5) is 7.91. The molecule has 0 saturated heterocycles. The number of fused-ring (bicyclic) bond motifs is 1. The molecule has 1 aliphatic rings.